The van der Waals surface area contributed by atoms with Gasteiger partial charge in [0, 0.05) is 29.4 Å². The first-order valence-corrected chi connectivity index (χ1v) is 9.38. The molecule has 0 radical (unpaired) electrons. The van der Waals surface area contributed by atoms with Gasteiger partial charge >= 0.3 is 0 Å². The van der Waals surface area contributed by atoms with Gasteiger partial charge in [0.25, 0.3) is 5.91 Å². The molecule has 1 atom stereocenters. The van der Waals surface area contributed by atoms with E-state index in [0.29, 0.717) is 36.4 Å². The van der Waals surface area contributed by atoms with E-state index >= 15 is 0 Å². The predicted molar refractivity (Wildman–Crippen MR) is 108 cm³/mol. The first-order chi connectivity index (χ1) is 13.5. The smallest absolute Gasteiger partial charge is 0.274 e. The third-order valence-corrected chi connectivity index (χ3v) is 4.83. The molecule has 1 aromatic carbocycles. The van der Waals surface area contributed by atoms with E-state index in [-0.39, 0.29) is 11.5 Å². The Morgan fingerprint density at radius 1 is 1.21 bits per heavy atom. The van der Waals surface area contributed by atoms with Crippen LogP contribution in [-0.2, 0) is 4.74 Å². The number of aromatic nitrogens is 2. The van der Waals surface area contributed by atoms with Crippen molar-refractivity contribution in [3.05, 3.63) is 60.6 Å². The Hall–Kier alpha value is -2.99. The molecule has 1 saturated heterocycles. The summed E-state index contributed by atoms with van der Waals surface area (Å²) in [5.74, 6) is 0.725. The topological polar surface area (TPSA) is 73.3 Å². The Morgan fingerprint density at radius 2 is 2.11 bits per heavy atom. The second-order valence-electron chi connectivity index (χ2n) is 7.67. The number of carbonyl (C=O) groups is 1. The van der Waals surface area contributed by atoms with E-state index in [2.05, 4.69) is 29.1 Å². The number of hydrogen-bond donors (Lipinski definition) is 1. The summed E-state index contributed by atoms with van der Waals surface area (Å²) in [6.45, 7) is 5.49. The average molecular weight is 377 g/mol. The molecule has 0 aliphatic carbocycles. The molecule has 144 valence electrons. The molecule has 2 aromatic heterocycles. The lowest BCUT2D eigenvalue weighted by Crippen LogP contribution is -2.18. The summed E-state index contributed by atoms with van der Waals surface area (Å²) >= 11 is 0. The van der Waals surface area contributed by atoms with Crippen LogP contribution in [0, 0.1) is 5.92 Å². The minimum absolute atomic E-state index is 0.0824. The number of amides is 1. The quantitative estimate of drug-likeness (QED) is 0.725. The number of hydrogen-bond acceptors (Lipinski definition) is 5. The minimum Gasteiger partial charge on any atom is -0.477 e. The highest BCUT2D eigenvalue weighted by Gasteiger charge is 2.32. The van der Waals surface area contributed by atoms with Crippen molar-refractivity contribution in [1.29, 1.82) is 0 Å². The van der Waals surface area contributed by atoms with Gasteiger partial charge in [-0.05, 0) is 62.1 Å². The van der Waals surface area contributed by atoms with Crippen molar-refractivity contribution >= 4 is 22.4 Å². The largest absolute Gasteiger partial charge is 0.477 e. The second-order valence-corrected chi connectivity index (χ2v) is 7.67. The second kappa shape index (κ2) is 7.56. The van der Waals surface area contributed by atoms with Crippen molar-refractivity contribution in [3.8, 4) is 5.88 Å². The molecule has 3 heterocycles. The predicted octanol–water partition coefficient (Wildman–Crippen LogP) is 4.08. The van der Waals surface area contributed by atoms with Crippen molar-refractivity contribution in [1.82, 2.24) is 9.97 Å². The normalized spacial score (nSPS) is 18.1. The molecule has 1 amide bonds. The highest BCUT2D eigenvalue weighted by molar-refractivity contribution is 6.04. The van der Waals surface area contributed by atoms with Gasteiger partial charge in [-0.25, -0.2) is 4.98 Å². The molecule has 1 fully saturated rings. The van der Waals surface area contributed by atoms with Crippen LogP contribution in [0.4, 0.5) is 5.69 Å². The number of benzene rings is 1. The van der Waals surface area contributed by atoms with Crippen molar-refractivity contribution in [2.24, 2.45) is 5.92 Å². The van der Waals surface area contributed by atoms with Crippen LogP contribution in [0.2, 0.25) is 0 Å². The highest BCUT2D eigenvalue weighted by atomic mass is 16.5. The molecule has 1 unspecified atom stereocenters. The summed E-state index contributed by atoms with van der Waals surface area (Å²) in [6.07, 6.45) is 4.29. The fourth-order valence-electron chi connectivity index (χ4n) is 3.50. The van der Waals surface area contributed by atoms with Crippen LogP contribution < -0.4 is 10.1 Å². The van der Waals surface area contributed by atoms with Gasteiger partial charge in [0.1, 0.15) is 5.69 Å². The number of carbonyl (C=O) groups excluding carboxylic acids is 1. The Balaban J connectivity index is 1.48. The van der Waals surface area contributed by atoms with Gasteiger partial charge in [-0.1, -0.05) is 6.07 Å². The Kier molecular flexibility index (Phi) is 4.96. The third-order valence-electron chi connectivity index (χ3n) is 4.83. The summed E-state index contributed by atoms with van der Waals surface area (Å²) in [6, 6.07) is 12.8. The molecular formula is C22H23N3O3. The first-order valence-electron chi connectivity index (χ1n) is 9.38. The van der Waals surface area contributed by atoms with Crippen molar-refractivity contribution in [2.75, 3.05) is 18.5 Å². The van der Waals surface area contributed by atoms with E-state index in [1.807, 2.05) is 24.3 Å². The van der Waals surface area contributed by atoms with E-state index in [0.717, 1.165) is 17.2 Å². The van der Waals surface area contributed by atoms with Crippen molar-refractivity contribution in [2.45, 2.75) is 25.9 Å². The monoisotopic (exact) mass is 377 g/mol. The molecule has 28 heavy (non-hydrogen) atoms. The van der Waals surface area contributed by atoms with E-state index in [1.165, 1.54) is 0 Å². The lowest BCUT2D eigenvalue weighted by Gasteiger charge is -2.16. The molecule has 0 bridgehead atoms. The number of nitrogens with zero attached hydrogens (tertiary/aromatic N) is 2. The third kappa shape index (κ3) is 4.12. The lowest BCUT2D eigenvalue weighted by atomic mass is 9.99. The summed E-state index contributed by atoms with van der Waals surface area (Å²) < 4.78 is 11.8. The molecule has 1 aliphatic heterocycles. The molecule has 3 aromatic rings. The van der Waals surface area contributed by atoms with Crippen molar-refractivity contribution < 1.29 is 14.3 Å². The van der Waals surface area contributed by atoms with Gasteiger partial charge in [-0.3, -0.25) is 9.78 Å². The summed E-state index contributed by atoms with van der Waals surface area (Å²) in [7, 11) is 0. The number of anilines is 1. The van der Waals surface area contributed by atoms with E-state index in [4.69, 9.17) is 9.47 Å². The SMILES string of the molecule is CC1(C)CC(COc2nccc3cc(NC(=O)c4ccccn4)ccc23)CO1. The van der Waals surface area contributed by atoms with Gasteiger partial charge in [-0.15, -0.1) is 0 Å². The number of fused-ring (bicyclic) bond motifs is 1. The van der Waals surface area contributed by atoms with E-state index in [1.54, 1.807) is 30.6 Å². The Bertz CT molecular complexity index is 989. The molecule has 0 spiro atoms. The van der Waals surface area contributed by atoms with Crippen molar-refractivity contribution in [3.63, 3.8) is 0 Å². The molecule has 6 heteroatoms. The van der Waals surface area contributed by atoms with Gasteiger partial charge in [-0.2, -0.15) is 0 Å². The summed E-state index contributed by atoms with van der Waals surface area (Å²) in [4.78, 5) is 20.7. The minimum atomic E-state index is -0.241. The molecule has 1 aliphatic rings. The van der Waals surface area contributed by atoms with Gasteiger partial charge < -0.3 is 14.8 Å². The number of ether oxygens (including phenoxy) is 2. The van der Waals surface area contributed by atoms with Crippen LogP contribution in [-0.4, -0.2) is 34.7 Å². The molecule has 0 saturated carbocycles. The van der Waals surface area contributed by atoms with E-state index < -0.39 is 0 Å². The maximum Gasteiger partial charge on any atom is 0.274 e. The number of rotatable bonds is 5. The average Bonchev–Trinajstić information content (AvgIpc) is 3.05. The zero-order valence-corrected chi connectivity index (χ0v) is 16.0. The van der Waals surface area contributed by atoms with Crippen LogP contribution in [0.1, 0.15) is 30.8 Å². The zero-order chi connectivity index (χ0) is 19.6. The fraction of sp³-hybridized carbons (Fsp3) is 0.318. The fourth-order valence-corrected chi connectivity index (χ4v) is 3.50. The standard InChI is InChI=1S/C22H23N3O3/c1-22(2)12-15(14-28-22)13-27-21-18-7-6-17(11-16(18)8-10-24-21)25-20(26)19-5-3-4-9-23-19/h3-11,15H,12-14H2,1-2H3,(H,25,26). The molecule has 4 rings (SSSR count). The Labute approximate surface area is 163 Å². The molecular weight excluding hydrogens is 354 g/mol. The van der Waals surface area contributed by atoms with Gasteiger partial charge in [0.15, 0.2) is 0 Å². The van der Waals surface area contributed by atoms with Crippen LogP contribution in [0.5, 0.6) is 5.88 Å². The first kappa shape index (κ1) is 18.4. The molecule has 6 nitrogen and oxygen atoms in total. The summed E-state index contributed by atoms with van der Waals surface area (Å²) in [5, 5.41) is 4.74. The lowest BCUT2D eigenvalue weighted by molar-refractivity contribution is 0.0340. The van der Waals surface area contributed by atoms with Crippen LogP contribution in [0.3, 0.4) is 0 Å². The van der Waals surface area contributed by atoms with E-state index in [9.17, 15) is 4.79 Å². The number of nitrogens with one attached hydrogen (secondary N) is 1. The maximum absolute atomic E-state index is 12.3. The van der Waals surface area contributed by atoms with Gasteiger partial charge in [0.05, 0.1) is 18.8 Å². The van der Waals surface area contributed by atoms with Crippen LogP contribution >= 0.6 is 0 Å². The zero-order valence-electron chi connectivity index (χ0n) is 16.0. The highest BCUT2D eigenvalue weighted by Crippen LogP contribution is 2.31. The van der Waals surface area contributed by atoms with Crippen LogP contribution in [0.25, 0.3) is 10.8 Å². The van der Waals surface area contributed by atoms with Gasteiger partial charge in [0.2, 0.25) is 5.88 Å². The number of pyridine rings is 2. The molecule has 1 N–H and O–H groups in total. The maximum atomic E-state index is 12.3. The summed E-state index contributed by atoms with van der Waals surface area (Å²) in [5.41, 5.74) is 0.996. The Morgan fingerprint density at radius 3 is 2.86 bits per heavy atom. The van der Waals surface area contributed by atoms with Crippen LogP contribution in [0.15, 0.2) is 54.9 Å².